The monoisotopic (exact) mass is 260 g/mol. The van der Waals surface area contributed by atoms with Gasteiger partial charge in [-0.15, -0.1) is 0 Å². The molecule has 19 heavy (non-hydrogen) atoms. The Labute approximate surface area is 110 Å². The van der Waals surface area contributed by atoms with Crippen LogP contribution in [0.15, 0.2) is 23.1 Å². The molecule has 2 atom stereocenters. The number of hydrogen-bond acceptors (Lipinski definition) is 4. The van der Waals surface area contributed by atoms with E-state index in [4.69, 9.17) is 4.74 Å². The first kappa shape index (κ1) is 12.2. The van der Waals surface area contributed by atoms with Gasteiger partial charge in [-0.1, -0.05) is 6.92 Å². The Morgan fingerprint density at radius 3 is 2.95 bits per heavy atom. The fraction of sp³-hybridized carbons (Fsp3) is 0.429. The smallest absolute Gasteiger partial charge is 0.191 e. The van der Waals surface area contributed by atoms with Crippen molar-refractivity contribution in [1.29, 1.82) is 0 Å². The van der Waals surface area contributed by atoms with E-state index in [0.29, 0.717) is 28.9 Å². The molecule has 0 saturated carbocycles. The Hall–Kier alpha value is -1.88. The van der Waals surface area contributed by atoms with E-state index in [2.05, 4.69) is 4.98 Å². The van der Waals surface area contributed by atoms with Crippen molar-refractivity contribution in [2.75, 3.05) is 0 Å². The molecule has 1 N–H and O–H groups in total. The lowest BCUT2D eigenvalue weighted by Crippen LogP contribution is -2.17. The normalized spacial score (nSPS) is 21.4. The topological polar surface area (TPSA) is 64.4 Å². The van der Waals surface area contributed by atoms with Crippen molar-refractivity contribution >= 4 is 11.0 Å². The molecule has 0 radical (unpaired) electrons. The summed E-state index contributed by atoms with van der Waals surface area (Å²) >= 11 is 0. The quantitative estimate of drug-likeness (QED) is 0.891. The fourth-order valence-corrected chi connectivity index (χ4v) is 2.49. The first-order chi connectivity index (χ1) is 9.15. The first-order valence-electron chi connectivity index (χ1n) is 6.54. The van der Waals surface area contributed by atoms with Crippen molar-refractivity contribution in [3.8, 4) is 5.75 Å². The summed E-state index contributed by atoms with van der Waals surface area (Å²) in [6.07, 6.45) is 1.43. The van der Waals surface area contributed by atoms with Gasteiger partial charge in [0, 0.05) is 18.8 Å². The van der Waals surface area contributed by atoms with Gasteiger partial charge in [0.25, 0.3) is 0 Å². The summed E-state index contributed by atoms with van der Waals surface area (Å²) in [5.41, 5.74) is 1.06. The van der Waals surface area contributed by atoms with Crippen molar-refractivity contribution in [3.63, 3.8) is 0 Å². The van der Waals surface area contributed by atoms with Gasteiger partial charge in [0.05, 0.1) is 5.39 Å². The average Bonchev–Trinajstić information content (AvgIpc) is 2.74. The van der Waals surface area contributed by atoms with Gasteiger partial charge in [-0.2, -0.15) is 0 Å². The standard InChI is InChI=1S/C14H16N2O3/c1-3-10-13(18)12-11(19-10)7-8-9(17)5-6-16(4-2)14(8)15-12/h5-7,10,13,18H,3-4H2,1-2H3. The van der Waals surface area contributed by atoms with E-state index >= 15 is 0 Å². The van der Waals surface area contributed by atoms with Crippen molar-refractivity contribution in [3.05, 3.63) is 34.2 Å². The van der Waals surface area contributed by atoms with Crippen LogP contribution in [0.4, 0.5) is 0 Å². The number of pyridine rings is 2. The molecule has 0 aromatic carbocycles. The number of aliphatic hydroxyl groups is 1. The molecule has 3 rings (SSSR count). The zero-order valence-electron chi connectivity index (χ0n) is 11.0. The third kappa shape index (κ3) is 1.73. The molecule has 100 valence electrons. The molecule has 3 heterocycles. The highest BCUT2D eigenvalue weighted by atomic mass is 16.5. The molecule has 2 unspecified atom stereocenters. The maximum Gasteiger partial charge on any atom is 0.191 e. The highest BCUT2D eigenvalue weighted by Gasteiger charge is 2.33. The van der Waals surface area contributed by atoms with Crippen molar-refractivity contribution in [2.24, 2.45) is 0 Å². The van der Waals surface area contributed by atoms with Crippen LogP contribution < -0.4 is 10.2 Å². The number of ether oxygens (including phenoxy) is 1. The van der Waals surface area contributed by atoms with Gasteiger partial charge in [-0.3, -0.25) is 4.79 Å². The Bertz CT molecular complexity index is 693. The van der Waals surface area contributed by atoms with Crippen molar-refractivity contribution in [1.82, 2.24) is 9.55 Å². The highest BCUT2D eigenvalue weighted by Crippen LogP contribution is 2.37. The van der Waals surface area contributed by atoms with Crippen LogP contribution in [0, 0.1) is 0 Å². The molecule has 0 spiro atoms. The highest BCUT2D eigenvalue weighted by molar-refractivity contribution is 5.77. The average molecular weight is 260 g/mol. The molecular weight excluding hydrogens is 244 g/mol. The molecule has 5 nitrogen and oxygen atoms in total. The van der Waals surface area contributed by atoms with E-state index < -0.39 is 6.10 Å². The van der Waals surface area contributed by atoms with Gasteiger partial charge in [0.15, 0.2) is 5.43 Å². The third-order valence-electron chi connectivity index (χ3n) is 3.59. The minimum absolute atomic E-state index is 0.0759. The zero-order valence-corrected chi connectivity index (χ0v) is 11.0. The summed E-state index contributed by atoms with van der Waals surface area (Å²) in [6, 6.07) is 3.23. The molecule has 0 fully saturated rings. The second-order valence-electron chi connectivity index (χ2n) is 4.72. The maximum absolute atomic E-state index is 11.9. The van der Waals surface area contributed by atoms with Crippen LogP contribution >= 0.6 is 0 Å². The van der Waals surface area contributed by atoms with E-state index in [1.54, 1.807) is 12.3 Å². The van der Waals surface area contributed by atoms with Crippen molar-refractivity contribution < 1.29 is 9.84 Å². The van der Waals surface area contributed by atoms with E-state index in [1.807, 2.05) is 18.4 Å². The van der Waals surface area contributed by atoms with Crippen LogP contribution in [0.3, 0.4) is 0 Å². The summed E-state index contributed by atoms with van der Waals surface area (Å²) < 4.78 is 7.54. The zero-order chi connectivity index (χ0) is 13.6. The minimum atomic E-state index is -0.718. The molecule has 1 aliphatic heterocycles. The molecule has 0 saturated heterocycles. The maximum atomic E-state index is 11.9. The lowest BCUT2D eigenvalue weighted by Gasteiger charge is -2.10. The minimum Gasteiger partial charge on any atom is -0.485 e. The summed E-state index contributed by atoms with van der Waals surface area (Å²) in [4.78, 5) is 16.4. The Morgan fingerprint density at radius 2 is 2.26 bits per heavy atom. The molecule has 0 amide bonds. The van der Waals surface area contributed by atoms with Crippen LogP contribution in [0.1, 0.15) is 32.1 Å². The van der Waals surface area contributed by atoms with Gasteiger partial charge in [-0.25, -0.2) is 4.98 Å². The summed E-state index contributed by atoms with van der Waals surface area (Å²) in [7, 11) is 0. The van der Waals surface area contributed by atoms with Crippen LogP contribution in [-0.2, 0) is 6.54 Å². The van der Waals surface area contributed by atoms with E-state index in [-0.39, 0.29) is 11.5 Å². The number of nitrogens with zero attached hydrogens (tertiary/aromatic N) is 2. The Kier molecular flexibility index (Phi) is 2.78. The number of aromatic nitrogens is 2. The molecule has 2 aromatic heterocycles. The number of rotatable bonds is 2. The second kappa shape index (κ2) is 4.35. The van der Waals surface area contributed by atoms with E-state index in [0.717, 1.165) is 6.54 Å². The number of fused-ring (bicyclic) bond motifs is 2. The lowest BCUT2D eigenvalue weighted by molar-refractivity contribution is 0.0638. The SMILES string of the molecule is CCC1Oc2cc3c(=O)ccn(CC)c3nc2C1O. The van der Waals surface area contributed by atoms with Gasteiger partial charge >= 0.3 is 0 Å². The van der Waals surface area contributed by atoms with Crippen LogP contribution in [0.25, 0.3) is 11.0 Å². The third-order valence-corrected chi connectivity index (χ3v) is 3.59. The molecular formula is C14H16N2O3. The van der Waals surface area contributed by atoms with Crippen LogP contribution in [-0.4, -0.2) is 20.8 Å². The largest absolute Gasteiger partial charge is 0.485 e. The molecule has 5 heteroatoms. The van der Waals surface area contributed by atoms with Gasteiger partial charge in [-0.05, 0) is 19.4 Å². The molecule has 0 bridgehead atoms. The second-order valence-corrected chi connectivity index (χ2v) is 4.72. The van der Waals surface area contributed by atoms with Gasteiger partial charge in [0.2, 0.25) is 0 Å². The summed E-state index contributed by atoms with van der Waals surface area (Å²) in [5.74, 6) is 0.526. The predicted molar refractivity (Wildman–Crippen MR) is 71.3 cm³/mol. The van der Waals surface area contributed by atoms with Crippen LogP contribution in [0.5, 0.6) is 5.75 Å². The van der Waals surface area contributed by atoms with Gasteiger partial charge in [0.1, 0.15) is 29.3 Å². The fourth-order valence-electron chi connectivity index (χ4n) is 2.49. The Morgan fingerprint density at radius 1 is 1.47 bits per heavy atom. The summed E-state index contributed by atoms with van der Waals surface area (Å²) in [5, 5.41) is 10.7. The van der Waals surface area contributed by atoms with Gasteiger partial charge < -0.3 is 14.4 Å². The van der Waals surface area contributed by atoms with E-state index in [1.165, 1.54) is 6.07 Å². The van der Waals surface area contributed by atoms with E-state index in [9.17, 15) is 9.90 Å². The Balaban J connectivity index is 2.28. The van der Waals surface area contributed by atoms with Crippen LogP contribution in [0.2, 0.25) is 0 Å². The molecule has 1 aliphatic rings. The molecule has 2 aromatic rings. The summed E-state index contributed by atoms with van der Waals surface area (Å²) in [6.45, 7) is 4.65. The lowest BCUT2D eigenvalue weighted by atomic mass is 10.1. The van der Waals surface area contributed by atoms with Crippen molar-refractivity contribution in [2.45, 2.75) is 39.0 Å². The number of aryl methyl sites for hydroxylation is 1. The molecule has 0 aliphatic carbocycles. The number of hydrogen-bond donors (Lipinski definition) is 1. The predicted octanol–water partition coefficient (Wildman–Crippen LogP) is 1.62. The first-order valence-corrected chi connectivity index (χ1v) is 6.54. The number of aliphatic hydroxyl groups excluding tert-OH is 1.